The lowest BCUT2D eigenvalue weighted by Gasteiger charge is -2.21. The molecule has 0 heterocycles. The predicted molar refractivity (Wildman–Crippen MR) is 180 cm³/mol. The fraction of sp³-hybridized carbons (Fsp3) is 0.919. The summed E-state index contributed by atoms with van der Waals surface area (Å²) >= 11 is 0. The van der Waals surface area contributed by atoms with Crippen molar-refractivity contribution in [2.75, 3.05) is 6.61 Å². The van der Waals surface area contributed by atoms with Crippen molar-refractivity contribution in [2.45, 2.75) is 207 Å². The first-order chi connectivity index (χ1) is 20.9. The summed E-state index contributed by atoms with van der Waals surface area (Å²) < 4.78 is 5.77. The third-order valence-corrected chi connectivity index (χ3v) is 8.67. The van der Waals surface area contributed by atoms with Crippen LogP contribution in [0.3, 0.4) is 0 Å². The number of hydrogen-bond acceptors (Lipinski definition) is 4. The molecule has 0 aliphatic rings. The van der Waals surface area contributed by atoms with Crippen LogP contribution < -0.4 is 5.32 Å². The number of carboxylic acids is 1. The maximum absolute atomic E-state index is 13.0. The van der Waals surface area contributed by atoms with E-state index < -0.39 is 18.0 Å². The second-order valence-electron chi connectivity index (χ2n) is 12.9. The van der Waals surface area contributed by atoms with E-state index in [1.54, 1.807) is 0 Å². The summed E-state index contributed by atoms with van der Waals surface area (Å²) in [5.41, 5.74) is 0. The van der Waals surface area contributed by atoms with Gasteiger partial charge in [0.15, 0.2) is 0 Å². The first-order valence-corrected chi connectivity index (χ1v) is 18.6. The summed E-state index contributed by atoms with van der Waals surface area (Å²) in [6.45, 7) is 7.07. The molecule has 1 unspecified atom stereocenters. The van der Waals surface area contributed by atoms with Crippen molar-refractivity contribution in [3.05, 3.63) is 0 Å². The summed E-state index contributed by atoms with van der Waals surface area (Å²) in [5.74, 6) is -1.31. The molecule has 0 aliphatic carbocycles. The Morgan fingerprint density at radius 1 is 0.535 bits per heavy atom. The van der Waals surface area contributed by atoms with Gasteiger partial charge in [0.2, 0.25) is 5.91 Å². The number of hydrogen-bond donors (Lipinski definition) is 2. The molecule has 0 fully saturated rings. The van der Waals surface area contributed by atoms with Crippen molar-refractivity contribution in [1.29, 1.82) is 0 Å². The van der Waals surface area contributed by atoms with Crippen LogP contribution in [0.2, 0.25) is 0 Å². The first-order valence-electron chi connectivity index (χ1n) is 18.6. The number of carboxylic acid groups (broad SMARTS) is 1. The molecule has 43 heavy (non-hydrogen) atoms. The number of amides is 1. The minimum atomic E-state index is -0.971. The van der Waals surface area contributed by atoms with E-state index >= 15 is 0 Å². The van der Waals surface area contributed by atoms with Gasteiger partial charge in [-0.3, -0.25) is 9.59 Å². The van der Waals surface area contributed by atoms with Crippen LogP contribution >= 0.6 is 0 Å². The molecule has 2 atom stereocenters. The second-order valence-corrected chi connectivity index (χ2v) is 12.9. The third kappa shape index (κ3) is 28.9. The number of aliphatic carboxylic acids is 1. The first kappa shape index (κ1) is 41.4. The highest BCUT2D eigenvalue weighted by Gasteiger charge is 2.24. The standard InChI is InChI=1S/C37H71NO5/c1-4-7-10-13-16-18-20-23-26-29-35(39)38-34(30-31-36(40)41)37(42)43-32-33(27-24-21-15-12-9-6-3)28-25-22-19-17-14-11-8-5-2/h33-34H,4-32H2,1-3H3,(H,38,39)(H,40,41)/t33?,34-/m0/s1. The molecule has 0 aliphatic heterocycles. The van der Waals surface area contributed by atoms with Crippen LogP contribution in [0, 0.1) is 5.92 Å². The van der Waals surface area contributed by atoms with Gasteiger partial charge in [-0.2, -0.15) is 0 Å². The van der Waals surface area contributed by atoms with Gasteiger partial charge in [0.05, 0.1) is 6.61 Å². The largest absolute Gasteiger partial charge is 0.481 e. The van der Waals surface area contributed by atoms with Crippen molar-refractivity contribution in [1.82, 2.24) is 5.32 Å². The van der Waals surface area contributed by atoms with Gasteiger partial charge >= 0.3 is 11.9 Å². The van der Waals surface area contributed by atoms with Gasteiger partial charge in [0.25, 0.3) is 0 Å². The van der Waals surface area contributed by atoms with Crippen molar-refractivity contribution >= 4 is 17.8 Å². The molecule has 0 spiro atoms. The van der Waals surface area contributed by atoms with Crippen LogP contribution in [0.15, 0.2) is 0 Å². The summed E-state index contributed by atoms with van der Waals surface area (Å²) in [6.07, 6.45) is 30.6. The predicted octanol–water partition coefficient (Wildman–Crippen LogP) is 10.7. The van der Waals surface area contributed by atoms with E-state index in [0.29, 0.717) is 18.9 Å². The van der Waals surface area contributed by atoms with Crippen LogP contribution in [0.4, 0.5) is 0 Å². The van der Waals surface area contributed by atoms with Crippen molar-refractivity contribution in [3.63, 3.8) is 0 Å². The summed E-state index contributed by atoms with van der Waals surface area (Å²) in [7, 11) is 0. The van der Waals surface area contributed by atoms with E-state index in [2.05, 4.69) is 26.1 Å². The Hall–Kier alpha value is -1.59. The monoisotopic (exact) mass is 610 g/mol. The van der Waals surface area contributed by atoms with E-state index in [4.69, 9.17) is 4.74 Å². The summed E-state index contributed by atoms with van der Waals surface area (Å²) in [4.78, 5) is 36.9. The van der Waals surface area contributed by atoms with Gasteiger partial charge in [-0.1, -0.05) is 162 Å². The van der Waals surface area contributed by atoms with E-state index in [-0.39, 0.29) is 18.7 Å². The lowest BCUT2D eigenvalue weighted by atomic mass is 9.94. The molecule has 0 aromatic rings. The van der Waals surface area contributed by atoms with Gasteiger partial charge in [0, 0.05) is 12.8 Å². The van der Waals surface area contributed by atoms with Gasteiger partial charge in [-0.15, -0.1) is 0 Å². The molecule has 0 aromatic heterocycles. The van der Waals surface area contributed by atoms with Gasteiger partial charge < -0.3 is 15.2 Å². The van der Waals surface area contributed by atoms with E-state index in [0.717, 1.165) is 44.9 Å². The highest BCUT2D eigenvalue weighted by molar-refractivity contribution is 5.84. The lowest BCUT2D eigenvalue weighted by molar-refractivity contribution is -0.150. The zero-order valence-electron chi connectivity index (χ0n) is 28.7. The molecule has 0 aromatic carbocycles. The van der Waals surface area contributed by atoms with E-state index in [1.807, 2.05) is 0 Å². The molecule has 0 radical (unpaired) electrons. The molecule has 6 nitrogen and oxygen atoms in total. The molecule has 0 bridgehead atoms. The Labute approximate surface area is 266 Å². The highest BCUT2D eigenvalue weighted by Crippen LogP contribution is 2.21. The Morgan fingerprint density at radius 2 is 0.930 bits per heavy atom. The minimum Gasteiger partial charge on any atom is -0.481 e. The fourth-order valence-corrected chi connectivity index (χ4v) is 5.77. The quantitative estimate of drug-likeness (QED) is 0.0570. The molecular formula is C37H71NO5. The van der Waals surface area contributed by atoms with Crippen LogP contribution in [0.25, 0.3) is 0 Å². The van der Waals surface area contributed by atoms with E-state index in [9.17, 15) is 19.5 Å². The fourth-order valence-electron chi connectivity index (χ4n) is 5.77. The zero-order chi connectivity index (χ0) is 31.8. The molecule has 254 valence electrons. The Kier molecular flexibility index (Phi) is 30.6. The normalized spacial score (nSPS) is 12.6. The number of nitrogens with one attached hydrogen (secondary N) is 1. The highest BCUT2D eigenvalue weighted by atomic mass is 16.5. The number of carbonyl (C=O) groups excluding carboxylic acids is 2. The van der Waals surface area contributed by atoms with Crippen LogP contribution in [-0.4, -0.2) is 35.6 Å². The smallest absolute Gasteiger partial charge is 0.328 e. The number of rotatable bonds is 33. The van der Waals surface area contributed by atoms with E-state index in [1.165, 1.54) is 116 Å². The average Bonchev–Trinajstić information content (AvgIpc) is 2.99. The van der Waals surface area contributed by atoms with Crippen LogP contribution in [0.5, 0.6) is 0 Å². The van der Waals surface area contributed by atoms with Crippen LogP contribution in [0.1, 0.15) is 201 Å². The summed E-state index contributed by atoms with van der Waals surface area (Å²) in [5, 5.41) is 12.0. The summed E-state index contributed by atoms with van der Waals surface area (Å²) in [6, 6.07) is -0.889. The Morgan fingerprint density at radius 3 is 1.35 bits per heavy atom. The maximum Gasteiger partial charge on any atom is 0.328 e. The van der Waals surface area contributed by atoms with Crippen molar-refractivity contribution in [3.8, 4) is 0 Å². The lowest BCUT2D eigenvalue weighted by Crippen LogP contribution is -2.42. The molecule has 0 rings (SSSR count). The SMILES string of the molecule is CCCCCCCCCCCC(=O)N[C@@H](CCC(=O)O)C(=O)OCC(CCCCCCCC)CCCCCCCCCC. The number of ether oxygens (including phenoxy) is 1. The molecular weight excluding hydrogens is 538 g/mol. The van der Waals surface area contributed by atoms with Gasteiger partial charge in [0.1, 0.15) is 6.04 Å². The van der Waals surface area contributed by atoms with Crippen LogP contribution in [-0.2, 0) is 19.1 Å². The van der Waals surface area contributed by atoms with Crippen molar-refractivity contribution in [2.24, 2.45) is 5.92 Å². The topological polar surface area (TPSA) is 92.7 Å². The number of unbranched alkanes of at least 4 members (excludes halogenated alkanes) is 20. The average molecular weight is 610 g/mol. The third-order valence-electron chi connectivity index (χ3n) is 8.67. The molecule has 6 heteroatoms. The molecule has 2 N–H and O–H groups in total. The number of carbonyl (C=O) groups is 3. The molecule has 1 amide bonds. The zero-order valence-corrected chi connectivity index (χ0v) is 28.7. The minimum absolute atomic E-state index is 0.0673. The Balaban J connectivity index is 4.66. The molecule has 0 saturated heterocycles. The Bertz CT molecular complexity index is 653. The van der Waals surface area contributed by atoms with Crippen molar-refractivity contribution < 1.29 is 24.2 Å². The number of esters is 1. The van der Waals surface area contributed by atoms with Gasteiger partial charge in [-0.05, 0) is 31.6 Å². The van der Waals surface area contributed by atoms with Gasteiger partial charge in [-0.25, -0.2) is 4.79 Å². The second kappa shape index (κ2) is 31.8. The molecule has 0 saturated carbocycles. The maximum atomic E-state index is 13.0.